The maximum Gasteiger partial charge on any atom is 0.0399 e. The lowest BCUT2D eigenvalue weighted by Gasteiger charge is -2.30. The van der Waals surface area contributed by atoms with Gasteiger partial charge in [0.05, 0.1) is 0 Å². The van der Waals surface area contributed by atoms with Crippen LogP contribution >= 0.6 is 0 Å². The first-order chi connectivity index (χ1) is 8.88. The average Bonchev–Trinajstić information content (AvgIpc) is 2.47. The molecule has 1 aliphatic rings. The third-order valence-corrected chi connectivity index (χ3v) is 3.78. The minimum absolute atomic E-state index is 1.11. The van der Waals surface area contributed by atoms with E-state index in [1.807, 2.05) is 0 Å². The van der Waals surface area contributed by atoms with Gasteiger partial charge in [-0.25, -0.2) is 0 Å². The summed E-state index contributed by atoms with van der Waals surface area (Å²) in [5.41, 5.74) is 5.59. The molecule has 1 nitrogen and oxygen atoms in total. The molecule has 1 aliphatic heterocycles. The van der Waals surface area contributed by atoms with Gasteiger partial charge in [0.1, 0.15) is 0 Å². The summed E-state index contributed by atoms with van der Waals surface area (Å²) in [5, 5.41) is 0. The molecular weight excluding hydrogens is 218 g/mol. The Balaban J connectivity index is 2.01. The van der Waals surface area contributed by atoms with E-state index in [0.29, 0.717) is 0 Å². The van der Waals surface area contributed by atoms with Crippen molar-refractivity contribution in [2.45, 2.75) is 19.8 Å². The highest BCUT2D eigenvalue weighted by molar-refractivity contribution is 5.69. The van der Waals surface area contributed by atoms with Crippen LogP contribution in [0.5, 0.6) is 0 Å². The first-order valence-corrected chi connectivity index (χ1v) is 6.82. The number of nitrogens with zero attached hydrogens (tertiary/aromatic N) is 1. The van der Waals surface area contributed by atoms with Crippen LogP contribution in [0.2, 0.25) is 0 Å². The summed E-state index contributed by atoms with van der Waals surface area (Å²) in [5.74, 6) is 0. The Morgan fingerprint density at radius 2 is 1.83 bits per heavy atom. The van der Waals surface area contributed by atoms with Crippen LogP contribution in [-0.2, 0) is 6.42 Å². The smallest absolute Gasteiger partial charge is 0.0399 e. The van der Waals surface area contributed by atoms with Gasteiger partial charge >= 0.3 is 0 Å². The number of hydrogen-bond donors (Lipinski definition) is 0. The predicted molar refractivity (Wildman–Crippen MR) is 78.1 cm³/mol. The zero-order valence-electron chi connectivity index (χ0n) is 10.9. The van der Waals surface area contributed by atoms with Gasteiger partial charge in [-0.15, -0.1) is 0 Å². The molecule has 0 radical (unpaired) electrons. The molecule has 0 amide bonds. The Bertz CT molecular complexity index is 531. The molecule has 3 rings (SSSR count). The van der Waals surface area contributed by atoms with Crippen molar-refractivity contribution in [2.24, 2.45) is 0 Å². The fourth-order valence-corrected chi connectivity index (χ4v) is 2.81. The Morgan fingerprint density at radius 3 is 2.61 bits per heavy atom. The monoisotopic (exact) mass is 237 g/mol. The standard InChI is InChI=1S/C17H19N/c1-2-18-12-6-9-16-13-15(10-11-17(16)18)14-7-4-3-5-8-14/h3-5,7-8,10-11,13H,2,6,9,12H2,1H3. The van der Waals surface area contributed by atoms with E-state index in [1.54, 1.807) is 0 Å². The molecule has 0 atom stereocenters. The van der Waals surface area contributed by atoms with Crippen molar-refractivity contribution in [3.05, 3.63) is 54.1 Å². The number of hydrogen-bond acceptors (Lipinski definition) is 1. The van der Waals surface area contributed by atoms with Gasteiger partial charge in [-0.2, -0.15) is 0 Å². The Hall–Kier alpha value is -1.76. The number of fused-ring (bicyclic) bond motifs is 1. The van der Waals surface area contributed by atoms with Crippen molar-refractivity contribution in [3.63, 3.8) is 0 Å². The zero-order chi connectivity index (χ0) is 12.4. The summed E-state index contributed by atoms with van der Waals surface area (Å²) in [7, 11) is 0. The quantitative estimate of drug-likeness (QED) is 0.759. The van der Waals surface area contributed by atoms with Crippen LogP contribution in [0.3, 0.4) is 0 Å². The summed E-state index contributed by atoms with van der Waals surface area (Å²) >= 11 is 0. The average molecular weight is 237 g/mol. The summed E-state index contributed by atoms with van der Waals surface area (Å²) in [6.07, 6.45) is 2.49. The van der Waals surface area contributed by atoms with Crippen LogP contribution in [0.25, 0.3) is 11.1 Å². The lowest BCUT2D eigenvalue weighted by Crippen LogP contribution is -2.28. The van der Waals surface area contributed by atoms with E-state index >= 15 is 0 Å². The van der Waals surface area contributed by atoms with Gasteiger partial charge in [-0.3, -0.25) is 0 Å². The van der Waals surface area contributed by atoms with E-state index in [9.17, 15) is 0 Å². The molecular formula is C17H19N. The molecule has 0 fully saturated rings. The molecule has 0 saturated carbocycles. The van der Waals surface area contributed by atoms with Crippen LogP contribution in [0.1, 0.15) is 18.9 Å². The molecule has 0 saturated heterocycles. The minimum atomic E-state index is 1.11. The molecule has 0 aromatic heterocycles. The Morgan fingerprint density at radius 1 is 1.00 bits per heavy atom. The fourth-order valence-electron chi connectivity index (χ4n) is 2.81. The van der Waals surface area contributed by atoms with Crippen LogP contribution in [0.4, 0.5) is 5.69 Å². The summed E-state index contributed by atoms with van der Waals surface area (Å²) in [6.45, 7) is 4.55. The molecule has 0 aliphatic carbocycles. The molecule has 2 aromatic carbocycles. The normalized spacial score (nSPS) is 14.4. The van der Waals surface area contributed by atoms with E-state index in [2.05, 4.69) is 60.4 Å². The van der Waals surface area contributed by atoms with Gasteiger partial charge in [0.2, 0.25) is 0 Å². The molecule has 92 valence electrons. The van der Waals surface area contributed by atoms with E-state index < -0.39 is 0 Å². The largest absolute Gasteiger partial charge is 0.372 e. The van der Waals surface area contributed by atoms with Crippen LogP contribution in [0.15, 0.2) is 48.5 Å². The maximum atomic E-state index is 2.48. The zero-order valence-corrected chi connectivity index (χ0v) is 10.9. The lowest BCUT2D eigenvalue weighted by atomic mass is 9.96. The second kappa shape index (κ2) is 4.85. The molecule has 0 spiro atoms. The van der Waals surface area contributed by atoms with Crippen molar-refractivity contribution in [1.82, 2.24) is 0 Å². The van der Waals surface area contributed by atoms with Crippen LogP contribution in [-0.4, -0.2) is 13.1 Å². The van der Waals surface area contributed by atoms with Crippen molar-refractivity contribution in [2.75, 3.05) is 18.0 Å². The van der Waals surface area contributed by atoms with Gasteiger partial charge in [0.15, 0.2) is 0 Å². The minimum Gasteiger partial charge on any atom is -0.372 e. The highest BCUT2D eigenvalue weighted by atomic mass is 15.1. The highest BCUT2D eigenvalue weighted by Gasteiger charge is 2.15. The summed E-state index contributed by atoms with van der Waals surface area (Å²) in [4.78, 5) is 2.48. The first kappa shape index (κ1) is 11.3. The van der Waals surface area contributed by atoms with Gasteiger partial charge < -0.3 is 4.90 Å². The number of anilines is 1. The first-order valence-electron chi connectivity index (χ1n) is 6.82. The van der Waals surface area contributed by atoms with Crippen molar-refractivity contribution in [1.29, 1.82) is 0 Å². The molecule has 0 unspecified atom stereocenters. The summed E-state index contributed by atoms with van der Waals surface area (Å²) < 4.78 is 0. The van der Waals surface area contributed by atoms with Gasteiger partial charge in [-0.1, -0.05) is 36.4 Å². The lowest BCUT2D eigenvalue weighted by molar-refractivity contribution is 0.708. The Kier molecular flexibility index (Phi) is 3.06. The number of rotatable bonds is 2. The van der Waals surface area contributed by atoms with Gasteiger partial charge in [0, 0.05) is 18.8 Å². The van der Waals surface area contributed by atoms with Gasteiger partial charge in [-0.05, 0) is 48.6 Å². The predicted octanol–water partition coefficient (Wildman–Crippen LogP) is 4.13. The summed E-state index contributed by atoms with van der Waals surface area (Å²) in [6, 6.07) is 17.6. The van der Waals surface area contributed by atoms with E-state index in [-0.39, 0.29) is 0 Å². The van der Waals surface area contributed by atoms with Gasteiger partial charge in [0.25, 0.3) is 0 Å². The molecule has 1 heteroatoms. The fraction of sp³-hybridized carbons (Fsp3) is 0.294. The highest BCUT2D eigenvalue weighted by Crippen LogP contribution is 2.31. The molecule has 0 N–H and O–H groups in total. The Labute approximate surface area is 109 Å². The SMILES string of the molecule is CCN1CCCc2cc(-c3ccccc3)ccc21. The third kappa shape index (κ3) is 2.01. The van der Waals surface area contributed by atoms with Crippen LogP contribution in [0, 0.1) is 0 Å². The molecule has 1 heterocycles. The van der Waals surface area contributed by atoms with Crippen molar-refractivity contribution >= 4 is 5.69 Å². The van der Waals surface area contributed by atoms with Crippen molar-refractivity contribution < 1.29 is 0 Å². The van der Waals surface area contributed by atoms with E-state index in [4.69, 9.17) is 0 Å². The number of aryl methyl sites for hydroxylation is 1. The van der Waals surface area contributed by atoms with E-state index in [0.717, 1.165) is 6.54 Å². The second-order valence-electron chi connectivity index (χ2n) is 4.89. The molecule has 0 bridgehead atoms. The van der Waals surface area contributed by atoms with E-state index in [1.165, 1.54) is 41.8 Å². The number of benzene rings is 2. The third-order valence-electron chi connectivity index (χ3n) is 3.78. The van der Waals surface area contributed by atoms with Crippen molar-refractivity contribution in [3.8, 4) is 11.1 Å². The topological polar surface area (TPSA) is 3.24 Å². The molecule has 2 aromatic rings. The second-order valence-corrected chi connectivity index (χ2v) is 4.89. The molecule has 18 heavy (non-hydrogen) atoms. The maximum absolute atomic E-state index is 2.48. The van der Waals surface area contributed by atoms with Crippen LogP contribution < -0.4 is 4.90 Å².